The van der Waals surface area contributed by atoms with Gasteiger partial charge in [0.15, 0.2) is 0 Å². The molecule has 0 aliphatic heterocycles. The fraction of sp³-hybridized carbons (Fsp3) is 0.444. The Labute approximate surface area is 127 Å². The molecule has 0 aliphatic carbocycles. The lowest BCUT2D eigenvalue weighted by Gasteiger charge is -2.04. The second-order valence-electron chi connectivity index (χ2n) is 5.80. The first kappa shape index (κ1) is 15.8. The van der Waals surface area contributed by atoms with Gasteiger partial charge >= 0.3 is 0 Å². The van der Waals surface area contributed by atoms with E-state index in [9.17, 15) is 0 Å². The van der Waals surface area contributed by atoms with Crippen LogP contribution in [0.2, 0.25) is 0 Å². The summed E-state index contributed by atoms with van der Waals surface area (Å²) in [7, 11) is 0. The zero-order chi connectivity index (χ0) is 15.1. The Bertz CT molecular complexity index is 531. The van der Waals surface area contributed by atoms with Crippen molar-refractivity contribution in [1.29, 1.82) is 0 Å². The van der Waals surface area contributed by atoms with Gasteiger partial charge in [-0.3, -0.25) is 0 Å². The smallest absolute Gasteiger partial charge is 0.118 e. The maximum Gasteiger partial charge on any atom is 0.118 e. The molecule has 114 valence electrons. The van der Waals surface area contributed by atoms with Crippen molar-refractivity contribution >= 4 is 0 Å². The van der Waals surface area contributed by atoms with Crippen LogP contribution in [0.5, 0.6) is 0 Å². The third-order valence-electron chi connectivity index (χ3n) is 3.29. The zero-order valence-corrected chi connectivity index (χ0v) is 13.2. The molecule has 0 fully saturated rings. The molecule has 0 unspecified atom stereocenters. The number of aryl methyl sites for hydroxylation is 1. The van der Waals surface area contributed by atoms with Crippen molar-refractivity contribution in [2.45, 2.75) is 40.5 Å². The Morgan fingerprint density at radius 2 is 1.90 bits per heavy atom. The molecule has 2 aromatic rings. The van der Waals surface area contributed by atoms with E-state index in [-0.39, 0.29) is 0 Å². The minimum atomic E-state index is 0.592. The lowest BCUT2D eigenvalue weighted by atomic mass is 10.2. The SMILES string of the molecule is Cc1oc(CNCC(C)C)cc1COCc1ccccc1. The van der Waals surface area contributed by atoms with Crippen LogP contribution in [0, 0.1) is 12.8 Å². The first-order valence-corrected chi connectivity index (χ1v) is 7.55. The van der Waals surface area contributed by atoms with Gasteiger partial charge in [-0.1, -0.05) is 44.2 Å². The third-order valence-corrected chi connectivity index (χ3v) is 3.29. The van der Waals surface area contributed by atoms with Gasteiger partial charge in [-0.15, -0.1) is 0 Å². The Hall–Kier alpha value is -1.58. The molecule has 0 spiro atoms. The summed E-state index contributed by atoms with van der Waals surface area (Å²) in [4.78, 5) is 0. The molecule has 0 radical (unpaired) electrons. The molecule has 2 rings (SSSR count). The Balaban J connectivity index is 1.79. The lowest BCUT2D eigenvalue weighted by Crippen LogP contribution is -2.18. The van der Waals surface area contributed by atoms with Gasteiger partial charge < -0.3 is 14.5 Å². The normalized spacial score (nSPS) is 11.2. The highest BCUT2D eigenvalue weighted by Gasteiger charge is 2.07. The molecule has 1 aromatic heterocycles. The second-order valence-corrected chi connectivity index (χ2v) is 5.80. The van der Waals surface area contributed by atoms with Gasteiger partial charge in [0.05, 0.1) is 19.8 Å². The highest BCUT2D eigenvalue weighted by atomic mass is 16.5. The second kappa shape index (κ2) is 8.01. The number of nitrogens with one attached hydrogen (secondary N) is 1. The van der Waals surface area contributed by atoms with Crippen molar-refractivity contribution in [2.24, 2.45) is 5.92 Å². The summed E-state index contributed by atoms with van der Waals surface area (Å²) in [6.07, 6.45) is 0. The third kappa shape index (κ3) is 5.37. The van der Waals surface area contributed by atoms with E-state index in [1.54, 1.807) is 0 Å². The van der Waals surface area contributed by atoms with Crippen LogP contribution in [0.3, 0.4) is 0 Å². The predicted molar refractivity (Wildman–Crippen MR) is 84.9 cm³/mol. The van der Waals surface area contributed by atoms with E-state index in [2.05, 4.69) is 37.4 Å². The van der Waals surface area contributed by atoms with Crippen LogP contribution in [0.1, 0.15) is 36.5 Å². The summed E-state index contributed by atoms with van der Waals surface area (Å²) < 4.78 is 11.5. The predicted octanol–water partition coefficient (Wildman–Crippen LogP) is 4.05. The summed E-state index contributed by atoms with van der Waals surface area (Å²) >= 11 is 0. The summed E-state index contributed by atoms with van der Waals surface area (Å²) in [5.41, 5.74) is 2.32. The van der Waals surface area contributed by atoms with Crippen molar-refractivity contribution in [3.8, 4) is 0 Å². The van der Waals surface area contributed by atoms with E-state index in [1.807, 2.05) is 25.1 Å². The molecule has 0 bridgehead atoms. The van der Waals surface area contributed by atoms with Gasteiger partial charge in [-0.05, 0) is 31.0 Å². The van der Waals surface area contributed by atoms with Crippen molar-refractivity contribution < 1.29 is 9.15 Å². The monoisotopic (exact) mass is 287 g/mol. The van der Waals surface area contributed by atoms with E-state index in [4.69, 9.17) is 9.15 Å². The highest BCUT2D eigenvalue weighted by molar-refractivity contribution is 5.20. The molecule has 3 nitrogen and oxygen atoms in total. The zero-order valence-electron chi connectivity index (χ0n) is 13.2. The van der Waals surface area contributed by atoms with Gasteiger partial charge in [-0.2, -0.15) is 0 Å². The van der Waals surface area contributed by atoms with E-state index in [0.717, 1.165) is 30.2 Å². The van der Waals surface area contributed by atoms with Gasteiger partial charge in [0.2, 0.25) is 0 Å². The number of ether oxygens (including phenoxy) is 1. The minimum Gasteiger partial charge on any atom is -0.465 e. The molecule has 1 aromatic carbocycles. The standard InChI is InChI=1S/C18H25NO2/c1-14(2)10-19-11-18-9-17(15(3)21-18)13-20-12-16-7-5-4-6-8-16/h4-9,14,19H,10-13H2,1-3H3. The molecule has 0 saturated carbocycles. The Morgan fingerprint density at radius 3 is 2.62 bits per heavy atom. The van der Waals surface area contributed by atoms with Crippen LogP contribution >= 0.6 is 0 Å². The Kier molecular flexibility index (Phi) is 6.03. The maximum absolute atomic E-state index is 5.76. The van der Waals surface area contributed by atoms with Crippen LogP contribution in [0.15, 0.2) is 40.8 Å². The van der Waals surface area contributed by atoms with Crippen molar-refractivity contribution in [1.82, 2.24) is 5.32 Å². The topological polar surface area (TPSA) is 34.4 Å². The summed E-state index contributed by atoms with van der Waals surface area (Å²) in [5, 5.41) is 3.39. The average molecular weight is 287 g/mol. The van der Waals surface area contributed by atoms with E-state index >= 15 is 0 Å². The first-order valence-electron chi connectivity index (χ1n) is 7.55. The number of hydrogen-bond acceptors (Lipinski definition) is 3. The van der Waals surface area contributed by atoms with Crippen LogP contribution in [0.4, 0.5) is 0 Å². The maximum atomic E-state index is 5.76. The molecule has 1 N–H and O–H groups in total. The Morgan fingerprint density at radius 1 is 1.14 bits per heavy atom. The largest absolute Gasteiger partial charge is 0.465 e. The molecule has 21 heavy (non-hydrogen) atoms. The molecule has 3 heteroatoms. The summed E-state index contributed by atoms with van der Waals surface area (Å²) in [5.74, 6) is 2.57. The molecule has 0 atom stereocenters. The van der Waals surface area contributed by atoms with Gasteiger partial charge in [0.1, 0.15) is 11.5 Å². The fourth-order valence-corrected chi connectivity index (χ4v) is 2.16. The number of rotatable bonds is 8. The number of furan rings is 1. The van der Waals surface area contributed by atoms with Gasteiger partial charge in [0.25, 0.3) is 0 Å². The van der Waals surface area contributed by atoms with E-state index < -0.39 is 0 Å². The molecular formula is C18H25NO2. The van der Waals surface area contributed by atoms with Crippen LogP contribution in [-0.2, 0) is 24.5 Å². The highest BCUT2D eigenvalue weighted by Crippen LogP contribution is 2.16. The van der Waals surface area contributed by atoms with Gasteiger partial charge in [-0.25, -0.2) is 0 Å². The molecule has 0 saturated heterocycles. The van der Waals surface area contributed by atoms with Crippen LogP contribution in [-0.4, -0.2) is 6.54 Å². The van der Waals surface area contributed by atoms with Crippen molar-refractivity contribution in [3.63, 3.8) is 0 Å². The van der Waals surface area contributed by atoms with E-state index in [0.29, 0.717) is 19.1 Å². The molecule has 0 amide bonds. The first-order chi connectivity index (χ1) is 10.1. The minimum absolute atomic E-state index is 0.592. The molecular weight excluding hydrogens is 262 g/mol. The number of hydrogen-bond donors (Lipinski definition) is 1. The average Bonchev–Trinajstić information content (AvgIpc) is 2.80. The quantitative estimate of drug-likeness (QED) is 0.795. The van der Waals surface area contributed by atoms with E-state index in [1.165, 1.54) is 5.56 Å². The summed E-state index contributed by atoms with van der Waals surface area (Å²) in [6, 6.07) is 12.3. The number of benzene rings is 1. The van der Waals surface area contributed by atoms with Crippen LogP contribution in [0.25, 0.3) is 0 Å². The van der Waals surface area contributed by atoms with Crippen LogP contribution < -0.4 is 5.32 Å². The lowest BCUT2D eigenvalue weighted by molar-refractivity contribution is 0.106. The molecule has 0 aliphatic rings. The summed E-state index contributed by atoms with van der Waals surface area (Å²) in [6.45, 7) is 9.39. The fourth-order valence-electron chi connectivity index (χ4n) is 2.16. The molecule has 1 heterocycles. The van der Waals surface area contributed by atoms with Crippen molar-refractivity contribution in [3.05, 3.63) is 59.0 Å². The van der Waals surface area contributed by atoms with Gasteiger partial charge in [0, 0.05) is 5.56 Å². The van der Waals surface area contributed by atoms with Crippen molar-refractivity contribution in [2.75, 3.05) is 6.54 Å².